The molecule has 0 fully saturated rings. The van der Waals surface area contributed by atoms with Crippen molar-refractivity contribution in [2.75, 3.05) is 6.54 Å². The van der Waals surface area contributed by atoms with Crippen molar-refractivity contribution in [1.82, 2.24) is 0 Å². The number of hydrogen-bond acceptors (Lipinski definition) is 3. The molecule has 1 heterocycles. The second kappa shape index (κ2) is 1.84. The highest BCUT2D eigenvalue weighted by Crippen LogP contribution is 1.99. The van der Waals surface area contributed by atoms with Gasteiger partial charge in [0.05, 0.1) is 0 Å². The largest absolute Gasteiger partial charge is 0.328 e. The minimum absolute atomic E-state index is 0.153. The van der Waals surface area contributed by atoms with E-state index in [9.17, 15) is 0 Å². The minimum Gasteiger partial charge on any atom is -0.328 e. The van der Waals surface area contributed by atoms with Gasteiger partial charge in [0.15, 0.2) is 0 Å². The molecule has 0 saturated carbocycles. The van der Waals surface area contributed by atoms with Crippen LogP contribution in [-0.4, -0.2) is 12.6 Å². The molecule has 2 N–H and O–H groups in total. The van der Waals surface area contributed by atoms with Crippen LogP contribution in [0, 0.1) is 0 Å². The quantitative estimate of drug-likeness (QED) is 0.502. The molecule has 0 saturated heterocycles. The van der Waals surface area contributed by atoms with Gasteiger partial charge >= 0.3 is 0 Å². The molecule has 0 amide bonds. The molecule has 38 valence electrons. The lowest BCUT2D eigenvalue weighted by atomic mass is 10.3. The summed E-state index contributed by atoms with van der Waals surface area (Å²) in [7, 11) is 0. The van der Waals surface area contributed by atoms with Crippen molar-refractivity contribution in [3.8, 4) is 0 Å². The fourth-order valence-electron chi connectivity index (χ4n) is 0.426. The molecular formula is C4H7N3. The van der Waals surface area contributed by atoms with Crippen molar-refractivity contribution in [3.05, 3.63) is 12.3 Å². The van der Waals surface area contributed by atoms with Crippen molar-refractivity contribution in [1.29, 1.82) is 0 Å². The second-order valence-corrected chi connectivity index (χ2v) is 1.38. The van der Waals surface area contributed by atoms with Crippen molar-refractivity contribution >= 4 is 0 Å². The first-order chi connectivity index (χ1) is 3.43. The highest BCUT2D eigenvalue weighted by atomic mass is 15.1. The van der Waals surface area contributed by atoms with Crippen LogP contribution in [0.3, 0.4) is 0 Å². The first kappa shape index (κ1) is 4.46. The molecular weight excluding hydrogens is 90.1 g/mol. The van der Waals surface area contributed by atoms with Crippen LogP contribution in [-0.2, 0) is 0 Å². The molecule has 3 heteroatoms. The van der Waals surface area contributed by atoms with E-state index in [0.717, 1.165) is 0 Å². The first-order valence-corrected chi connectivity index (χ1v) is 2.20. The molecule has 0 bridgehead atoms. The number of hydrogen-bond donors (Lipinski definition) is 1. The molecule has 7 heavy (non-hydrogen) atoms. The minimum atomic E-state index is 0.153. The van der Waals surface area contributed by atoms with Gasteiger partial charge in [0, 0.05) is 12.7 Å². The summed E-state index contributed by atoms with van der Waals surface area (Å²) < 4.78 is 0. The SMILES string of the molecule is NCC1C=CN=N1. The van der Waals surface area contributed by atoms with Crippen LogP contribution in [0.5, 0.6) is 0 Å². The summed E-state index contributed by atoms with van der Waals surface area (Å²) in [4.78, 5) is 0. The maximum atomic E-state index is 5.23. The number of nitrogens with zero attached hydrogens (tertiary/aromatic N) is 2. The van der Waals surface area contributed by atoms with Crippen molar-refractivity contribution in [3.63, 3.8) is 0 Å². The van der Waals surface area contributed by atoms with E-state index in [1.165, 1.54) is 0 Å². The first-order valence-electron chi connectivity index (χ1n) is 2.20. The zero-order valence-corrected chi connectivity index (χ0v) is 3.91. The molecule has 1 unspecified atom stereocenters. The summed E-state index contributed by atoms with van der Waals surface area (Å²) in [6, 6.07) is 0.153. The van der Waals surface area contributed by atoms with E-state index in [0.29, 0.717) is 6.54 Å². The van der Waals surface area contributed by atoms with Crippen molar-refractivity contribution < 1.29 is 0 Å². The Morgan fingerprint density at radius 1 is 1.71 bits per heavy atom. The third kappa shape index (κ3) is 0.838. The van der Waals surface area contributed by atoms with Gasteiger partial charge in [0.25, 0.3) is 0 Å². The van der Waals surface area contributed by atoms with Crippen molar-refractivity contribution in [2.45, 2.75) is 6.04 Å². The topological polar surface area (TPSA) is 50.7 Å². The predicted octanol–water partition coefficient (Wildman–Crippen LogP) is 0.293. The summed E-state index contributed by atoms with van der Waals surface area (Å²) in [6.07, 6.45) is 3.54. The third-order valence-corrected chi connectivity index (χ3v) is 0.831. The summed E-state index contributed by atoms with van der Waals surface area (Å²) >= 11 is 0. The molecule has 3 nitrogen and oxygen atoms in total. The van der Waals surface area contributed by atoms with E-state index in [4.69, 9.17) is 5.73 Å². The van der Waals surface area contributed by atoms with Crippen molar-refractivity contribution in [2.24, 2.45) is 16.0 Å². The van der Waals surface area contributed by atoms with Crippen LogP contribution >= 0.6 is 0 Å². The smallest absolute Gasteiger partial charge is 0.103 e. The maximum absolute atomic E-state index is 5.23. The Morgan fingerprint density at radius 2 is 2.57 bits per heavy atom. The van der Waals surface area contributed by atoms with Crippen LogP contribution in [0.4, 0.5) is 0 Å². The highest BCUT2D eigenvalue weighted by molar-refractivity contribution is 4.96. The summed E-state index contributed by atoms with van der Waals surface area (Å²) in [5, 5.41) is 7.34. The van der Waals surface area contributed by atoms with E-state index < -0.39 is 0 Å². The molecule has 0 radical (unpaired) electrons. The molecule has 1 atom stereocenters. The number of azo groups is 1. The zero-order chi connectivity index (χ0) is 5.11. The molecule has 0 aliphatic carbocycles. The van der Waals surface area contributed by atoms with Crippen LogP contribution in [0.2, 0.25) is 0 Å². The van der Waals surface area contributed by atoms with Crippen LogP contribution < -0.4 is 5.73 Å². The Hall–Kier alpha value is -0.700. The van der Waals surface area contributed by atoms with Crippen LogP contribution in [0.1, 0.15) is 0 Å². The lowest BCUT2D eigenvalue weighted by Gasteiger charge is -1.91. The van der Waals surface area contributed by atoms with Gasteiger partial charge < -0.3 is 5.73 Å². The maximum Gasteiger partial charge on any atom is 0.103 e. The Balaban J connectivity index is 2.44. The lowest BCUT2D eigenvalue weighted by Crippen LogP contribution is -2.12. The number of nitrogens with two attached hydrogens (primary N) is 1. The van der Waals surface area contributed by atoms with E-state index in [1.54, 1.807) is 6.20 Å². The van der Waals surface area contributed by atoms with Crippen LogP contribution in [0.15, 0.2) is 22.5 Å². The summed E-state index contributed by atoms with van der Waals surface area (Å²) in [6.45, 7) is 0.569. The average molecular weight is 97.1 g/mol. The summed E-state index contributed by atoms with van der Waals surface area (Å²) in [5.74, 6) is 0. The standard InChI is InChI=1S/C4H7N3/c5-3-4-1-2-6-7-4/h1-2,4H,3,5H2. The fraction of sp³-hybridized carbons (Fsp3) is 0.500. The molecule has 0 aromatic heterocycles. The predicted molar refractivity (Wildman–Crippen MR) is 26.8 cm³/mol. The Kier molecular flexibility index (Phi) is 1.17. The zero-order valence-electron chi connectivity index (χ0n) is 3.91. The van der Waals surface area contributed by atoms with Gasteiger partial charge in [-0.25, -0.2) is 0 Å². The van der Waals surface area contributed by atoms with Gasteiger partial charge in [-0.05, 0) is 6.08 Å². The Bertz CT molecular complexity index is 93.5. The van der Waals surface area contributed by atoms with Gasteiger partial charge in [0.1, 0.15) is 6.04 Å². The monoisotopic (exact) mass is 97.1 g/mol. The van der Waals surface area contributed by atoms with Gasteiger partial charge in [-0.2, -0.15) is 10.2 Å². The molecule has 1 rings (SSSR count). The lowest BCUT2D eigenvalue weighted by molar-refractivity contribution is 0.806. The van der Waals surface area contributed by atoms with Crippen LogP contribution in [0.25, 0.3) is 0 Å². The molecule has 0 aromatic carbocycles. The molecule has 0 spiro atoms. The van der Waals surface area contributed by atoms with E-state index in [2.05, 4.69) is 10.2 Å². The Morgan fingerprint density at radius 3 is 2.86 bits per heavy atom. The van der Waals surface area contributed by atoms with E-state index in [-0.39, 0.29) is 6.04 Å². The third-order valence-electron chi connectivity index (χ3n) is 0.831. The highest BCUT2D eigenvalue weighted by Gasteiger charge is 1.99. The fourth-order valence-corrected chi connectivity index (χ4v) is 0.426. The van der Waals surface area contributed by atoms with Gasteiger partial charge in [0.2, 0.25) is 0 Å². The second-order valence-electron chi connectivity index (χ2n) is 1.38. The van der Waals surface area contributed by atoms with Gasteiger partial charge in [-0.3, -0.25) is 0 Å². The van der Waals surface area contributed by atoms with E-state index in [1.807, 2.05) is 6.08 Å². The van der Waals surface area contributed by atoms with Gasteiger partial charge in [-0.15, -0.1) is 0 Å². The normalized spacial score (nSPS) is 26.7. The molecule has 0 aromatic rings. The molecule has 1 aliphatic heterocycles. The Labute approximate surface area is 41.9 Å². The van der Waals surface area contributed by atoms with E-state index >= 15 is 0 Å². The van der Waals surface area contributed by atoms with Gasteiger partial charge in [-0.1, -0.05) is 0 Å². The summed E-state index contributed by atoms with van der Waals surface area (Å²) in [5.41, 5.74) is 5.23. The average Bonchev–Trinajstić information content (AvgIpc) is 2.14. The molecule has 1 aliphatic rings. The number of rotatable bonds is 1.